The van der Waals surface area contributed by atoms with Crippen LogP contribution in [-0.4, -0.2) is 38.4 Å². The van der Waals surface area contributed by atoms with E-state index in [0.717, 1.165) is 0 Å². The van der Waals surface area contributed by atoms with Crippen molar-refractivity contribution in [1.82, 2.24) is 14.5 Å². The zero-order chi connectivity index (χ0) is 27.9. The third-order valence-corrected chi connectivity index (χ3v) is 6.32. The Morgan fingerprint density at radius 3 is 2.46 bits per heavy atom. The number of carbonyl (C=O) groups excluding carboxylic acids is 1. The molecule has 0 saturated heterocycles. The summed E-state index contributed by atoms with van der Waals surface area (Å²) >= 11 is 0. The van der Waals surface area contributed by atoms with Gasteiger partial charge in [-0.3, -0.25) is 24.3 Å². The fourth-order valence-corrected chi connectivity index (χ4v) is 4.43. The molecule has 0 radical (unpaired) electrons. The molecule has 0 N–H and O–H groups in total. The topological polar surface area (TPSA) is 108 Å². The Hall–Kier alpha value is -4.79. The van der Waals surface area contributed by atoms with Crippen LogP contribution in [0.25, 0.3) is 22.7 Å². The van der Waals surface area contributed by atoms with Gasteiger partial charge in [-0.2, -0.15) is 0 Å². The van der Waals surface area contributed by atoms with E-state index >= 15 is 0 Å². The van der Waals surface area contributed by atoms with Gasteiger partial charge >= 0.3 is 0 Å². The second kappa shape index (κ2) is 12.2. The van der Waals surface area contributed by atoms with Gasteiger partial charge in [-0.1, -0.05) is 31.2 Å². The standard InChI is InChI=1S/C30H30N4O5/c1-4-20-32(28(35)19-16-22-14-17-23(18-15-22)34(37)38)21(3)29-31-25-11-7-6-10-24(25)30(36)33(29)26-12-8-9-13-27(26)39-5-2/h6-19,21H,4-5,20H2,1-3H3. The highest BCUT2D eigenvalue weighted by atomic mass is 16.6. The summed E-state index contributed by atoms with van der Waals surface area (Å²) in [6, 6.07) is 19.8. The molecular weight excluding hydrogens is 496 g/mol. The van der Waals surface area contributed by atoms with Crippen molar-refractivity contribution in [3.8, 4) is 11.4 Å². The summed E-state index contributed by atoms with van der Waals surface area (Å²) in [7, 11) is 0. The number of hydrogen-bond donors (Lipinski definition) is 0. The number of benzene rings is 3. The van der Waals surface area contributed by atoms with E-state index in [9.17, 15) is 19.7 Å². The van der Waals surface area contributed by atoms with Crippen LogP contribution in [0.5, 0.6) is 5.75 Å². The first-order valence-electron chi connectivity index (χ1n) is 12.8. The fourth-order valence-electron chi connectivity index (χ4n) is 4.43. The Balaban J connectivity index is 1.79. The summed E-state index contributed by atoms with van der Waals surface area (Å²) in [5.74, 6) is 0.685. The number of amides is 1. The van der Waals surface area contributed by atoms with Gasteiger partial charge in [-0.25, -0.2) is 4.98 Å². The van der Waals surface area contributed by atoms with E-state index in [1.807, 2.05) is 39.0 Å². The molecule has 0 aliphatic heterocycles. The van der Waals surface area contributed by atoms with Crippen molar-refractivity contribution in [1.29, 1.82) is 0 Å². The van der Waals surface area contributed by atoms with Crippen molar-refractivity contribution in [2.45, 2.75) is 33.2 Å². The molecule has 0 aliphatic carbocycles. The molecular formula is C30H30N4O5. The van der Waals surface area contributed by atoms with Crippen LogP contribution in [0.2, 0.25) is 0 Å². The highest BCUT2D eigenvalue weighted by Crippen LogP contribution is 2.28. The van der Waals surface area contributed by atoms with Gasteiger partial charge in [0.25, 0.3) is 11.2 Å². The number of para-hydroxylation sites is 3. The molecule has 1 aromatic heterocycles. The first-order valence-corrected chi connectivity index (χ1v) is 12.8. The second-order valence-corrected chi connectivity index (χ2v) is 8.92. The Labute approximate surface area is 226 Å². The maximum atomic E-state index is 13.8. The summed E-state index contributed by atoms with van der Waals surface area (Å²) < 4.78 is 7.37. The van der Waals surface area contributed by atoms with Crippen LogP contribution in [-0.2, 0) is 4.79 Å². The average Bonchev–Trinajstić information content (AvgIpc) is 2.95. The minimum atomic E-state index is -0.564. The third kappa shape index (κ3) is 5.87. The molecule has 0 saturated carbocycles. The molecule has 4 rings (SSSR count). The first-order chi connectivity index (χ1) is 18.8. The lowest BCUT2D eigenvalue weighted by molar-refractivity contribution is -0.384. The van der Waals surface area contributed by atoms with Crippen LogP contribution in [0.1, 0.15) is 44.6 Å². The van der Waals surface area contributed by atoms with E-state index in [2.05, 4.69) is 0 Å². The van der Waals surface area contributed by atoms with Crippen LogP contribution in [0.15, 0.2) is 83.7 Å². The van der Waals surface area contributed by atoms with Gasteiger partial charge in [0.15, 0.2) is 0 Å². The smallest absolute Gasteiger partial charge is 0.269 e. The van der Waals surface area contributed by atoms with Crippen molar-refractivity contribution in [3.63, 3.8) is 0 Å². The van der Waals surface area contributed by atoms with Crippen molar-refractivity contribution < 1.29 is 14.5 Å². The number of aromatic nitrogens is 2. The molecule has 3 aromatic carbocycles. The summed E-state index contributed by atoms with van der Waals surface area (Å²) in [4.78, 5) is 44.3. The number of fused-ring (bicyclic) bond motifs is 1. The number of hydrogen-bond acceptors (Lipinski definition) is 6. The average molecular weight is 527 g/mol. The monoisotopic (exact) mass is 526 g/mol. The van der Waals surface area contributed by atoms with Crippen LogP contribution < -0.4 is 10.3 Å². The van der Waals surface area contributed by atoms with Gasteiger partial charge in [0.1, 0.15) is 11.6 Å². The normalized spacial score (nSPS) is 12.0. The first kappa shape index (κ1) is 27.3. The van der Waals surface area contributed by atoms with Gasteiger partial charge in [0.2, 0.25) is 5.91 Å². The zero-order valence-corrected chi connectivity index (χ0v) is 22.1. The molecule has 4 aromatic rings. The lowest BCUT2D eigenvalue weighted by Crippen LogP contribution is -2.37. The minimum absolute atomic E-state index is 0.0209. The largest absolute Gasteiger partial charge is 0.492 e. The van der Waals surface area contributed by atoms with Crippen LogP contribution >= 0.6 is 0 Å². The highest BCUT2D eigenvalue weighted by Gasteiger charge is 2.26. The summed E-state index contributed by atoms with van der Waals surface area (Å²) in [6.45, 7) is 6.55. The molecule has 0 aliphatic rings. The molecule has 9 heteroatoms. The summed E-state index contributed by atoms with van der Waals surface area (Å²) in [5.41, 5.74) is 1.48. The number of non-ortho nitro benzene ring substituents is 1. The predicted molar refractivity (Wildman–Crippen MR) is 151 cm³/mol. The predicted octanol–water partition coefficient (Wildman–Crippen LogP) is 5.71. The van der Waals surface area contributed by atoms with Crippen molar-refractivity contribution in [3.05, 3.63) is 111 Å². The van der Waals surface area contributed by atoms with Crippen LogP contribution in [0.3, 0.4) is 0 Å². The number of nitro groups is 1. The molecule has 0 spiro atoms. The van der Waals surface area contributed by atoms with Gasteiger partial charge < -0.3 is 9.64 Å². The molecule has 200 valence electrons. The lowest BCUT2D eigenvalue weighted by atomic mass is 10.1. The SMILES string of the molecule is CCCN(C(=O)C=Cc1ccc([N+](=O)[O-])cc1)C(C)c1nc2ccccc2c(=O)n1-c1ccccc1OCC. The maximum absolute atomic E-state index is 13.8. The third-order valence-electron chi connectivity index (χ3n) is 6.32. The molecule has 1 heterocycles. The molecule has 0 bridgehead atoms. The molecule has 39 heavy (non-hydrogen) atoms. The molecule has 1 unspecified atom stereocenters. The number of nitrogens with zero attached hydrogens (tertiary/aromatic N) is 4. The maximum Gasteiger partial charge on any atom is 0.269 e. The van der Waals surface area contributed by atoms with E-state index < -0.39 is 11.0 Å². The van der Waals surface area contributed by atoms with E-state index in [1.54, 1.807) is 53.4 Å². The summed E-state index contributed by atoms with van der Waals surface area (Å²) in [5, 5.41) is 11.4. The van der Waals surface area contributed by atoms with Crippen molar-refractivity contribution in [2.24, 2.45) is 0 Å². The number of nitro benzene ring substituents is 1. The number of ether oxygens (including phenoxy) is 1. The van der Waals surface area contributed by atoms with Gasteiger partial charge in [0.05, 0.1) is 34.2 Å². The minimum Gasteiger partial charge on any atom is -0.492 e. The molecule has 1 amide bonds. The Morgan fingerprint density at radius 1 is 1.08 bits per heavy atom. The van der Waals surface area contributed by atoms with Crippen LogP contribution in [0, 0.1) is 10.1 Å². The highest BCUT2D eigenvalue weighted by molar-refractivity contribution is 5.92. The van der Waals surface area contributed by atoms with Gasteiger partial charge in [0, 0.05) is 24.8 Å². The molecule has 0 fully saturated rings. The van der Waals surface area contributed by atoms with Crippen molar-refractivity contribution in [2.75, 3.05) is 13.2 Å². The molecule has 1 atom stereocenters. The second-order valence-electron chi connectivity index (χ2n) is 8.92. The van der Waals surface area contributed by atoms with E-state index in [1.165, 1.54) is 22.8 Å². The Kier molecular flexibility index (Phi) is 8.50. The number of carbonyl (C=O) groups is 1. The molecule has 9 nitrogen and oxygen atoms in total. The van der Waals surface area contributed by atoms with E-state index in [0.29, 0.717) is 53.3 Å². The fraction of sp³-hybridized carbons (Fsp3) is 0.233. The van der Waals surface area contributed by atoms with Gasteiger partial charge in [-0.15, -0.1) is 0 Å². The zero-order valence-electron chi connectivity index (χ0n) is 22.1. The summed E-state index contributed by atoms with van der Waals surface area (Å²) in [6.07, 6.45) is 3.74. The van der Waals surface area contributed by atoms with Gasteiger partial charge in [-0.05, 0) is 68.3 Å². The lowest BCUT2D eigenvalue weighted by Gasteiger charge is -2.30. The van der Waals surface area contributed by atoms with E-state index in [4.69, 9.17) is 9.72 Å². The van der Waals surface area contributed by atoms with E-state index in [-0.39, 0.29) is 17.2 Å². The van der Waals surface area contributed by atoms with Crippen molar-refractivity contribution >= 4 is 28.6 Å². The Bertz CT molecular complexity index is 1580. The number of rotatable bonds is 10. The van der Waals surface area contributed by atoms with Crippen LogP contribution in [0.4, 0.5) is 5.69 Å². The quantitative estimate of drug-likeness (QED) is 0.149. The Morgan fingerprint density at radius 2 is 1.77 bits per heavy atom.